The van der Waals surface area contributed by atoms with E-state index < -0.39 is 5.91 Å². The third kappa shape index (κ3) is 2.11. The number of fused-ring (bicyclic) bond motifs is 1. The van der Waals surface area contributed by atoms with Crippen molar-refractivity contribution in [3.05, 3.63) is 48.4 Å². The molecule has 3 N–H and O–H groups in total. The molecule has 0 radical (unpaired) electrons. The molecule has 94 valence electrons. The molecule has 0 bridgehead atoms. The van der Waals surface area contributed by atoms with Crippen LogP contribution < -0.4 is 5.32 Å². The highest BCUT2D eigenvalue weighted by molar-refractivity contribution is 6.05. The monoisotopic (exact) mass is 254 g/mol. The topological polar surface area (TPSA) is 90.9 Å². The molecule has 0 unspecified atom stereocenters. The van der Waals surface area contributed by atoms with Crippen molar-refractivity contribution >= 4 is 22.5 Å². The van der Waals surface area contributed by atoms with Gasteiger partial charge in [-0.05, 0) is 30.3 Å². The van der Waals surface area contributed by atoms with Gasteiger partial charge in [0.25, 0.3) is 5.91 Å². The number of anilines is 1. The van der Waals surface area contributed by atoms with Gasteiger partial charge < -0.3 is 10.4 Å². The summed E-state index contributed by atoms with van der Waals surface area (Å²) in [7, 11) is 0. The number of benzene rings is 1. The van der Waals surface area contributed by atoms with E-state index in [2.05, 4.69) is 20.5 Å². The van der Waals surface area contributed by atoms with Crippen LogP contribution in [0.15, 0.2) is 42.7 Å². The van der Waals surface area contributed by atoms with Crippen molar-refractivity contribution < 1.29 is 9.90 Å². The van der Waals surface area contributed by atoms with Crippen LogP contribution in [0.3, 0.4) is 0 Å². The first kappa shape index (κ1) is 11.2. The van der Waals surface area contributed by atoms with Gasteiger partial charge in [-0.3, -0.25) is 9.89 Å². The predicted molar refractivity (Wildman–Crippen MR) is 69.9 cm³/mol. The summed E-state index contributed by atoms with van der Waals surface area (Å²) in [4.78, 5) is 15.8. The number of nitrogens with one attached hydrogen (secondary N) is 2. The Morgan fingerprint density at radius 2 is 2.21 bits per heavy atom. The van der Waals surface area contributed by atoms with Gasteiger partial charge in [0.05, 0.1) is 11.7 Å². The van der Waals surface area contributed by atoms with E-state index in [9.17, 15) is 9.90 Å². The van der Waals surface area contributed by atoms with Gasteiger partial charge >= 0.3 is 0 Å². The molecule has 0 saturated heterocycles. The summed E-state index contributed by atoms with van der Waals surface area (Å²) in [5, 5.41) is 19.9. The fourth-order valence-corrected chi connectivity index (χ4v) is 1.78. The van der Waals surface area contributed by atoms with Gasteiger partial charge in [-0.15, -0.1) is 0 Å². The van der Waals surface area contributed by atoms with Crippen LogP contribution in [-0.2, 0) is 0 Å². The lowest BCUT2D eigenvalue weighted by molar-refractivity contribution is 0.101. The van der Waals surface area contributed by atoms with Gasteiger partial charge in [-0.1, -0.05) is 0 Å². The Kier molecular flexibility index (Phi) is 2.60. The Hall–Kier alpha value is -2.89. The van der Waals surface area contributed by atoms with Crippen LogP contribution in [0.5, 0.6) is 5.75 Å². The van der Waals surface area contributed by atoms with Crippen molar-refractivity contribution in [2.24, 2.45) is 0 Å². The highest BCUT2D eigenvalue weighted by Crippen LogP contribution is 2.19. The molecular weight excluding hydrogens is 244 g/mol. The Morgan fingerprint density at radius 3 is 3.05 bits per heavy atom. The number of aromatic nitrogens is 3. The highest BCUT2D eigenvalue weighted by atomic mass is 16.3. The zero-order valence-corrected chi connectivity index (χ0v) is 9.79. The van der Waals surface area contributed by atoms with Crippen LogP contribution in [-0.4, -0.2) is 26.2 Å². The van der Waals surface area contributed by atoms with Crippen LogP contribution >= 0.6 is 0 Å². The van der Waals surface area contributed by atoms with E-state index in [1.54, 1.807) is 24.4 Å². The summed E-state index contributed by atoms with van der Waals surface area (Å²) < 4.78 is 0. The first-order chi connectivity index (χ1) is 9.24. The molecule has 0 fully saturated rings. The van der Waals surface area contributed by atoms with Gasteiger partial charge in [0, 0.05) is 17.3 Å². The number of carbonyl (C=O) groups is 1. The molecule has 6 nitrogen and oxygen atoms in total. The number of pyridine rings is 1. The number of nitrogens with zero attached hydrogens (tertiary/aromatic N) is 2. The number of aromatic hydroxyl groups is 1. The number of carbonyl (C=O) groups excluding carboxylic acids is 1. The lowest BCUT2D eigenvalue weighted by Crippen LogP contribution is -2.13. The van der Waals surface area contributed by atoms with Gasteiger partial charge in [0.1, 0.15) is 5.75 Å². The Balaban J connectivity index is 1.88. The van der Waals surface area contributed by atoms with Gasteiger partial charge in [0.2, 0.25) is 0 Å². The lowest BCUT2D eigenvalue weighted by Gasteiger charge is -2.05. The molecule has 6 heteroatoms. The third-order valence-electron chi connectivity index (χ3n) is 2.70. The molecule has 3 rings (SSSR count). The van der Waals surface area contributed by atoms with Gasteiger partial charge in [-0.2, -0.15) is 5.10 Å². The molecule has 2 heterocycles. The maximum atomic E-state index is 12.0. The van der Waals surface area contributed by atoms with Crippen LogP contribution in [0.2, 0.25) is 0 Å². The highest BCUT2D eigenvalue weighted by Gasteiger charge is 2.12. The second-order valence-electron chi connectivity index (χ2n) is 4.00. The average Bonchev–Trinajstić information content (AvgIpc) is 2.86. The minimum absolute atomic E-state index is 0.00482. The Labute approximate surface area is 108 Å². The zero-order valence-electron chi connectivity index (χ0n) is 9.79. The smallest absolute Gasteiger partial charge is 0.278 e. The maximum Gasteiger partial charge on any atom is 0.278 e. The van der Waals surface area contributed by atoms with Crippen molar-refractivity contribution in [2.75, 3.05) is 5.32 Å². The largest absolute Gasteiger partial charge is 0.505 e. The van der Waals surface area contributed by atoms with E-state index >= 15 is 0 Å². The molecule has 19 heavy (non-hydrogen) atoms. The van der Waals surface area contributed by atoms with Crippen molar-refractivity contribution in [1.82, 2.24) is 15.2 Å². The molecule has 1 amide bonds. The van der Waals surface area contributed by atoms with Crippen molar-refractivity contribution in [2.45, 2.75) is 0 Å². The summed E-state index contributed by atoms with van der Waals surface area (Å²) in [6.45, 7) is 0. The first-order valence-corrected chi connectivity index (χ1v) is 5.62. The molecule has 1 aromatic carbocycles. The number of rotatable bonds is 2. The van der Waals surface area contributed by atoms with Gasteiger partial charge in [0.15, 0.2) is 5.69 Å². The summed E-state index contributed by atoms with van der Waals surface area (Å²) in [6, 6.07) is 8.33. The quantitative estimate of drug-likeness (QED) is 0.651. The van der Waals surface area contributed by atoms with E-state index in [1.165, 1.54) is 12.3 Å². The minimum Gasteiger partial charge on any atom is -0.505 e. The van der Waals surface area contributed by atoms with Crippen LogP contribution in [0.4, 0.5) is 5.69 Å². The summed E-state index contributed by atoms with van der Waals surface area (Å²) in [6.07, 6.45) is 3.12. The molecule has 0 atom stereocenters. The molecule has 0 aliphatic heterocycles. The lowest BCUT2D eigenvalue weighted by atomic mass is 10.2. The molecule has 0 aliphatic rings. The van der Waals surface area contributed by atoms with E-state index in [1.807, 2.05) is 6.07 Å². The maximum absolute atomic E-state index is 12.0. The average molecular weight is 254 g/mol. The molecule has 3 aromatic rings. The van der Waals surface area contributed by atoms with E-state index in [-0.39, 0.29) is 11.4 Å². The first-order valence-electron chi connectivity index (χ1n) is 5.62. The predicted octanol–water partition coefficient (Wildman–Crippen LogP) is 1.92. The second-order valence-corrected chi connectivity index (χ2v) is 4.00. The molecule has 0 spiro atoms. The Morgan fingerprint density at radius 1 is 1.32 bits per heavy atom. The second kappa shape index (κ2) is 4.41. The molecular formula is C13H10N4O2. The van der Waals surface area contributed by atoms with Crippen molar-refractivity contribution in [1.29, 1.82) is 0 Å². The fourth-order valence-electron chi connectivity index (χ4n) is 1.78. The van der Waals surface area contributed by atoms with Gasteiger partial charge in [-0.25, -0.2) is 4.98 Å². The number of hydrogen-bond donors (Lipinski definition) is 3. The standard InChI is InChI=1S/C13H10N4O2/c18-11-2-1-5-14-12(11)13(19)16-9-3-4-10-8(6-9)7-15-17-10/h1-7,18H,(H,15,17)(H,16,19). The SMILES string of the molecule is O=C(Nc1ccc2[nH]ncc2c1)c1ncccc1O. The minimum atomic E-state index is -0.457. The van der Waals surface area contributed by atoms with E-state index in [4.69, 9.17) is 0 Å². The summed E-state index contributed by atoms with van der Waals surface area (Å²) in [5.74, 6) is -0.606. The molecule has 0 saturated carbocycles. The number of amides is 1. The van der Waals surface area contributed by atoms with Crippen LogP contribution in [0.25, 0.3) is 10.9 Å². The summed E-state index contributed by atoms with van der Waals surface area (Å²) in [5.41, 5.74) is 1.50. The van der Waals surface area contributed by atoms with E-state index in [0.29, 0.717) is 5.69 Å². The van der Waals surface area contributed by atoms with E-state index in [0.717, 1.165) is 10.9 Å². The summed E-state index contributed by atoms with van der Waals surface area (Å²) >= 11 is 0. The molecule has 0 aliphatic carbocycles. The van der Waals surface area contributed by atoms with Crippen molar-refractivity contribution in [3.8, 4) is 5.75 Å². The fraction of sp³-hybridized carbons (Fsp3) is 0. The normalized spacial score (nSPS) is 10.5. The number of aromatic amines is 1. The third-order valence-corrected chi connectivity index (χ3v) is 2.70. The Bertz CT molecular complexity index is 751. The van der Waals surface area contributed by atoms with Crippen LogP contribution in [0.1, 0.15) is 10.5 Å². The number of hydrogen-bond acceptors (Lipinski definition) is 4. The van der Waals surface area contributed by atoms with Crippen LogP contribution in [0, 0.1) is 0 Å². The zero-order chi connectivity index (χ0) is 13.2. The van der Waals surface area contributed by atoms with Crippen molar-refractivity contribution in [3.63, 3.8) is 0 Å². The number of H-pyrrole nitrogens is 1. The molecule has 2 aromatic heterocycles.